The van der Waals surface area contributed by atoms with E-state index < -0.39 is 0 Å². The Hall–Kier alpha value is -0.140. The summed E-state index contributed by atoms with van der Waals surface area (Å²) >= 11 is 3.74. The van der Waals surface area contributed by atoms with Gasteiger partial charge in [0.15, 0.2) is 0 Å². The van der Waals surface area contributed by atoms with Gasteiger partial charge in [-0.05, 0) is 13.0 Å². The number of amidine groups is 1. The summed E-state index contributed by atoms with van der Waals surface area (Å²) in [4.78, 5) is 1.20. The molecule has 0 aromatic carbocycles. The largest absolute Gasteiger partial charge is 0.384 e. The molecule has 1 aromatic heterocycles. The van der Waals surface area contributed by atoms with E-state index in [4.69, 9.17) is 11.1 Å². The van der Waals surface area contributed by atoms with Gasteiger partial charge >= 0.3 is 0 Å². The molecule has 3 nitrogen and oxygen atoms in total. The zero-order valence-electron chi connectivity index (χ0n) is 6.60. The molecular formula is C7H10IN3S. The van der Waals surface area contributed by atoms with Crippen molar-refractivity contribution in [3.63, 3.8) is 0 Å². The van der Waals surface area contributed by atoms with Crippen molar-refractivity contribution in [2.75, 3.05) is 0 Å². The molecule has 4 N–H and O–H groups in total. The first-order valence-corrected chi connectivity index (χ1v) is 5.40. The highest BCUT2D eigenvalue weighted by Gasteiger charge is 2.07. The van der Waals surface area contributed by atoms with Gasteiger partial charge in [-0.15, -0.1) is 11.3 Å². The van der Waals surface area contributed by atoms with Crippen molar-refractivity contribution < 1.29 is 0 Å². The molecule has 0 bridgehead atoms. The van der Waals surface area contributed by atoms with Gasteiger partial charge in [0.05, 0.1) is 0 Å². The third-order valence-corrected chi connectivity index (χ3v) is 3.57. The minimum Gasteiger partial charge on any atom is -0.384 e. The summed E-state index contributed by atoms with van der Waals surface area (Å²) in [5.41, 5.74) is 6.15. The van der Waals surface area contributed by atoms with Crippen molar-refractivity contribution in [1.82, 2.24) is 3.53 Å². The molecular weight excluding hydrogens is 285 g/mol. The van der Waals surface area contributed by atoms with Crippen LogP contribution < -0.4 is 9.26 Å². The molecule has 5 heteroatoms. The van der Waals surface area contributed by atoms with Gasteiger partial charge in [-0.25, -0.2) is 0 Å². The summed E-state index contributed by atoms with van der Waals surface area (Å²) in [6.07, 6.45) is 0. The van der Waals surface area contributed by atoms with E-state index in [-0.39, 0.29) is 5.84 Å². The molecule has 1 heterocycles. The van der Waals surface area contributed by atoms with Crippen LogP contribution in [0.15, 0.2) is 11.4 Å². The van der Waals surface area contributed by atoms with Gasteiger partial charge in [-0.1, -0.05) is 0 Å². The first-order chi connectivity index (χ1) is 5.65. The van der Waals surface area contributed by atoms with E-state index in [1.165, 1.54) is 4.88 Å². The zero-order valence-corrected chi connectivity index (χ0v) is 9.57. The van der Waals surface area contributed by atoms with Gasteiger partial charge < -0.3 is 5.73 Å². The number of hydrogen-bond donors (Lipinski definition) is 3. The number of nitrogens with two attached hydrogens (primary N) is 1. The molecule has 1 rings (SSSR count). The van der Waals surface area contributed by atoms with Crippen molar-refractivity contribution in [2.45, 2.75) is 13.0 Å². The highest BCUT2D eigenvalue weighted by Crippen LogP contribution is 2.22. The van der Waals surface area contributed by atoms with Crippen LogP contribution in [0.4, 0.5) is 0 Å². The number of hydrogen-bond acceptors (Lipinski definition) is 3. The summed E-state index contributed by atoms with van der Waals surface area (Å²) in [6.45, 7) is 2.07. The molecule has 0 saturated carbocycles. The summed E-state index contributed by atoms with van der Waals surface area (Å²) in [6, 6.07) is 2.27. The number of rotatable bonds is 3. The fourth-order valence-electron chi connectivity index (χ4n) is 0.775. The number of thiophene rings is 1. The van der Waals surface area contributed by atoms with Gasteiger partial charge in [0.1, 0.15) is 5.84 Å². The van der Waals surface area contributed by atoms with Gasteiger partial charge in [0.2, 0.25) is 0 Å². The van der Waals surface area contributed by atoms with Gasteiger partial charge in [-0.3, -0.25) is 8.94 Å². The molecule has 0 spiro atoms. The predicted molar refractivity (Wildman–Crippen MR) is 60.9 cm³/mol. The smallest absolute Gasteiger partial charge is 0.123 e. The van der Waals surface area contributed by atoms with Crippen LogP contribution in [0.25, 0.3) is 0 Å². The van der Waals surface area contributed by atoms with Crippen LogP contribution >= 0.6 is 34.2 Å². The molecule has 0 aliphatic carbocycles. The van der Waals surface area contributed by atoms with E-state index in [2.05, 4.69) is 33.3 Å². The summed E-state index contributed by atoms with van der Waals surface area (Å²) < 4.78 is 3.10. The lowest BCUT2D eigenvalue weighted by Crippen LogP contribution is -2.09. The average molecular weight is 295 g/mol. The van der Waals surface area contributed by atoms with E-state index in [9.17, 15) is 0 Å². The van der Waals surface area contributed by atoms with E-state index in [0.29, 0.717) is 6.04 Å². The molecule has 0 unspecified atom stereocenters. The molecule has 66 valence electrons. The first-order valence-electron chi connectivity index (χ1n) is 3.44. The van der Waals surface area contributed by atoms with E-state index >= 15 is 0 Å². The Morgan fingerprint density at radius 3 is 2.92 bits per heavy atom. The minimum atomic E-state index is 0.137. The van der Waals surface area contributed by atoms with Crippen molar-refractivity contribution in [3.05, 3.63) is 21.9 Å². The predicted octanol–water partition coefficient (Wildman–Crippen LogP) is 2.03. The molecule has 0 radical (unpaired) electrons. The fraction of sp³-hybridized carbons (Fsp3) is 0.286. The molecule has 0 aliphatic heterocycles. The maximum atomic E-state index is 7.21. The molecule has 1 atom stereocenters. The lowest BCUT2D eigenvalue weighted by Gasteiger charge is -2.03. The topological polar surface area (TPSA) is 61.9 Å². The quantitative estimate of drug-likeness (QED) is 0.346. The Morgan fingerprint density at radius 1 is 1.83 bits per heavy atom. The van der Waals surface area contributed by atoms with Crippen LogP contribution in [0.5, 0.6) is 0 Å². The van der Waals surface area contributed by atoms with Gasteiger partial charge in [0.25, 0.3) is 0 Å². The van der Waals surface area contributed by atoms with Gasteiger partial charge in [-0.2, -0.15) is 0 Å². The summed E-state index contributed by atoms with van der Waals surface area (Å²) in [5.74, 6) is 0.137. The Kier molecular flexibility index (Phi) is 3.48. The number of nitrogen functional groups attached to an aromatic ring is 1. The number of halogens is 1. The summed E-state index contributed by atoms with van der Waals surface area (Å²) in [7, 11) is 0. The Labute approximate surface area is 89.4 Å². The lowest BCUT2D eigenvalue weighted by molar-refractivity contribution is 0.796. The molecule has 1 aromatic rings. The maximum absolute atomic E-state index is 7.21. The van der Waals surface area contributed by atoms with Crippen LogP contribution in [0.3, 0.4) is 0 Å². The van der Waals surface area contributed by atoms with E-state index in [1.807, 2.05) is 11.4 Å². The van der Waals surface area contributed by atoms with Crippen molar-refractivity contribution in [1.29, 1.82) is 5.41 Å². The molecule has 0 amide bonds. The fourth-order valence-corrected chi connectivity index (χ4v) is 2.24. The average Bonchev–Trinajstić information content (AvgIpc) is 2.51. The van der Waals surface area contributed by atoms with Crippen molar-refractivity contribution in [3.8, 4) is 0 Å². The molecule has 0 fully saturated rings. The van der Waals surface area contributed by atoms with Gasteiger partial charge in [0, 0.05) is 44.7 Å². The van der Waals surface area contributed by atoms with Crippen LogP contribution in [-0.2, 0) is 0 Å². The van der Waals surface area contributed by atoms with Crippen LogP contribution in [0.1, 0.15) is 23.4 Å². The van der Waals surface area contributed by atoms with Crippen molar-refractivity contribution in [2.24, 2.45) is 5.73 Å². The lowest BCUT2D eigenvalue weighted by atomic mass is 10.2. The van der Waals surface area contributed by atoms with Crippen molar-refractivity contribution >= 4 is 40.0 Å². The highest BCUT2D eigenvalue weighted by molar-refractivity contribution is 14.1. The molecule has 0 saturated heterocycles. The van der Waals surface area contributed by atoms with E-state index in [0.717, 1.165) is 5.56 Å². The second kappa shape index (κ2) is 4.20. The second-order valence-electron chi connectivity index (χ2n) is 2.48. The van der Waals surface area contributed by atoms with Crippen LogP contribution in [0, 0.1) is 5.41 Å². The molecule has 12 heavy (non-hydrogen) atoms. The number of nitrogens with one attached hydrogen (secondary N) is 2. The Morgan fingerprint density at radius 2 is 2.50 bits per heavy atom. The zero-order chi connectivity index (χ0) is 9.14. The van der Waals surface area contributed by atoms with Crippen LogP contribution in [-0.4, -0.2) is 5.84 Å². The molecule has 0 aliphatic rings. The Balaban J connectivity index is 2.84. The highest BCUT2D eigenvalue weighted by atomic mass is 127. The standard InChI is InChI=1S/C7H10IN3S/c1-4(11-8)6-2-5(3-12-6)7(9)10/h2-4,11H,1H3,(H3,9,10)/t4-/m1/s1. The van der Waals surface area contributed by atoms with Crippen LogP contribution in [0.2, 0.25) is 0 Å². The second-order valence-corrected chi connectivity index (χ2v) is 4.05. The summed E-state index contributed by atoms with van der Waals surface area (Å²) in [5, 5.41) is 9.11. The third kappa shape index (κ3) is 2.18. The SMILES string of the molecule is C[C@@H](NI)c1cc(C(=N)N)cs1. The monoisotopic (exact) mass is 295 g/mol. The minimum absolute atomic E-state index is 0.137. The normalized spacial score (nSPS) is 12.8. The van der Waals surface area contributed by atoms with E-state index in [1.54, 1.807) is 11.3 Å². The third-order valence-electron chi connectivity index (χ3n) is 1.52. The first kappa shape index (κ1) is 9.94. The Bertz CT molecular complexity index is 284. The maximum Gasteiger partial charge on any atom is 0.123 e.